The van der Waals surface area contributed by atoms with Crippen LogP contribution in [-0.2, 0) is 101 Å². The minimum absolute atomic E-state index is 0.0748. The highest BCUT2D eigenvalue weighted by molar-refractivity contribution is 8.77. The third kappa shape index (κ3) is 34.0. The van der Waals surface area contributed by atoms with E-state index in [1.54, 1.807) is 66.9 Å². The number of Topliss-reactive ketones (excluding diaryl/α,β-unsaturated/α-hetero) is 1. The van der Waals surface area contributed by atoms with Gasteiger partial charge in [0.2, 0.25) is 94.5 Å². The molecule has 0 radical (unpaired) electrons. The van der Waals surface area contributed by atoms with Crippen LogP contribution < -0.4 is 102 Å². The zero-order valence-electron chi connectivity index (χ0n) is 76.2. The molecule has 130 heavy (non-hydrogen) atoms. The number of hydrogen-bond acceptors (Lipinski definition) is 23. The van der Waals surface area contributed by atoms with Crippen molar-refractivity contribution in [3.05, 3.63) is 113 Å². The minimum Gasteiger partial charge on any atom is -0.492 e. The zero-order chi connectivity index (χ0) is 96.5. The summed E-state index contributed by atoms with van der Waals surface area (Å²) in [4.78, 5) is 247. The summed E-state index contributed by atoms with van der Waals surface area (Å²) in [5.74, 6) is -15.0. The van der Waals surface area contributed by atoms with Gasteiger partial charge in [-0.25, -0.2) is 0 Å². The third-order valence-electron chi connectivity index (χ3n) is 21.9. The highest BCUT2D eigenvalue weighted by Crippen LogP contribution is 2.47. The lowest BCUT2D eigenvalue weighted by atomic mass is 9.91. The number of amides is 16. The van der Waals surface area contributed by atoms with Crippen molar-refractivity contribution in [2.75, 3.05) is 32.8 Å². The molecule has 24 N–H and O–H groups in total. The Kier molecular flexibility index (Phi) is 42.0. The molecule has 6 rings (SSSR count). The summed E-state index contributed by atoms with van der Waals surface area (Å²) in [6.45, 7) is 19.9. The summed E-state index contributed by atoms with van der Waals surface area (Å²) in [7, 11) is 1.82. The Morgan fingerprint density at radius 1 is 0.562 bits per heavy atom. The van der Waals surface area contributed by atoms with Gasteiger partial charge in [0.15, 0.2) is 5.78 Å². The molecule has 5 aromatic rings. The largest absolute Gasteiger partial charge is 0.492 e. The molecule has 40 heteroatoms. The first kappa shape index (κ1) is 107. The van der Waals surface area contributed by atoms with E-state index in [4.69, 9.17) is 27.7 Å². The predicted molar refractivity (Wildman–Crippen MR) is 493 cm³/mol. The van der Waals surface area contributed by atoms with E-state index in [-0.39, 0.29) is 128 Å². The zero-order valence-corrected chi connectivity index (χ0v) is 77.9. The van der Waals surface area contributed by atoms with Crippen LogP contribution in [0.1, 0.15) is 182 Å². The Hall–Kier alpha value is -11.7. The van der Waals surface area contributed by atoms with Gasteiger partial charge in [-0.1, -0.05) is 108 Å². The number of aromatic amines is 1. The second-order valence-corrected chi connectivity index (χ2v) is 38.1. The van der Waals surface area contributed by atoms with E-state index in [2.05, 4.69) is 79.4 Å². The number of para-hydroxylation sites is 1. The molecular weight excluding hydrogens is 1720 g/mol. The van der Waals surface area contributed by atoms with E-state index >= 15 is 28.8 Å². The van der Waals surface area contributed by atoms with Gasteiger partial charge in [-0.15, -0.1) is 0 Å². The molecule has 13 atom stereocenters. The topological polar surface area (TPSA) is 608 Å². The maximum atomic E-state index is 16.4. The Labute approximate surface area is 765 Å². The lowest BCUT2D eigenvalue weighted by Gasteiger charge is -2.39. The number of fused-ring (bicyclic) bond motifs is 2. The maximum Gasteiger partial charge on any atom is 0.246 e. The molecule has 1 saturated heterocycles. The van der Waals surface area contributed by atoms with Crippen LogP contribution >= 0.6 is 21.6 Å². The number of carbonyl (C=O) groups is 17. The van der Waals surface area contributed by atoms with Gasteiger partial charge >= 0.3 is 0 Å². The monoisotopic (exact) mass is 1850 g/mol. The lowest BCUT2D eigenvalue weighted by molar-refractivity contribution is -0.138. The van der Waals surface area contributed by atoms with Gasteiger partial charge < -0.3 is 112 Å². The molecule has 1 fully saturated rings. The molecule has 38 nitrogen and oxygen atoms in total. The molecule has 2 heterocycles. The number of nitrogens with one attached hydrogen (secondary N) is 15. The molecule has 1 aromatic heterocycles. The van der Waals surface area contributed by atoms with Gasteiger partial charge in [0.1, 0.15) is 78.3 Å². The van der Waals surface area contributed by atoms with Gasteiger partial charge in [0, 0.05) is 86.3 Å². The van der Waals surface area contributed by atoms with Crippen LogP contribution in [-0.4, -0.2) is 231 Å². The SMILES string of the molecule is CC(=O)NCCCC[C@@H]1NC(=O)[C@H](Cc2c[nH]c3c(C)cccc23)NC(=O)[C@H]([C@@H](C)O)NC(=O)[C@H](CC(N)=O)NC(=O)[C@@H](NC(C)=O)C(C)(C)SSC(C)(C)[C@@H](C(=O)N[C@@H](Cc2ccc(OCCN)cc2)C(=O)N[C@@H](Cc2ccc3ccccc3c2)C(=O)N[C@@](C)(CCCCN)C(=O)N[C@@H](CCCCNC(C)=O)C(=O)N[C@@H](CC(N)=O)C(=O)N[C@H](CC(C)C)C(C)=O)NC1=O. The van der Waals surface area contributed by atoms with E-state index in [9.17, 15) is 57.8 Å². The maximum absolute atomic E-state index is 16.4. The lowest BCUT2D eigenvalue weighted by Crippen LogP contribution is -2.65. The number of benzene rings is 4. The van der Waals surface area contributed by atoms with E-state index < -0.39 is 189 Å². The second-order valence-electron chi connectivity index (χ2n) is 34.6. The predicted octanol–water partition coefficient (Wildman–Crippen LogP) is 0.683. The van der Waals surface area contributed by atoms with Crippen molar-refractivity contribution in [2.45, 2.75) is 274 Å². The van der Waals surface area contributed by atoms with Crippen molar-refractivity contribution in [1.29, 1.82) is 0 Å². The number of aliphatic hydroxyl groups is 1. The molecule has 0 aliphatic carbocycles. The van der Waals surface area contributed by atoms with E-state index in [1.165, 1.54) is 55.4 Å². The first-order chi connectivity index (χ1) is 61.2. The van der Waals surface area contributed by atoms with Crippen molar-refractivity contribution in [1.82, 2.24) is 79.4 Å². The summed E-state index contributed by atoms with van der Waals surface area (Å²) in [5, 5.41) is 51.2. The van der Waals surface area contributed by atoms with Crippen molar-refractivity contribution in [2.24, 2.45) is 28.9 Å². The summed E-state index contributed by atoms with van der Waals surface area (Å²) in [6, 6.07) is 6.19. The highest BCUT2D eigenvalue weighted by Gasteiger charge is 2.47. The van der Waals surface area contributed by atoms with Crippen LogP contribution in [0, 0.1) is 12.8 Å². The molecule has 0 unspecified atom stereocenters. The van der Waals surface area contributed by atoms with Crippen molar-refractivity contribution >= 4 is 144 Å². The average molecular weight is 1850 g/mol. The van der Waals surface area contributed by atoms with Crippen LogP contribution in [0.3, 0.4) is 0 Å². The number of rotatable bonds is 44. The number of unbranched alkanes of at least 4 members (excludes halogenated alkanes) is 3. The first-order valence-electron chi connectivity index (χ1n) is 43.6. The summed E-state index contributed by atoms with van der Waals surface area (Å²) in [5.41, 5.74) is 24.0. The molecular formula is C90H131N19O19S2. The number of aryl methyl sites for hydroxylation is 1. The number of ether oxygens (including phenoxy) is 1. The van der Waals surface area contributed by atoms with E-state index in [0.29, 0.717) is 39.8 Å². The molecule has 4 aromatic carbocycles. The molecule has 16 amide bonds. The van der Waals surface area contributed by atoms with Gasteiger partial charge in [0.25, 0.3) is 0 Å². The smallest absolute Gasteiger partial charge is 0.246 e. The highest BCUT2D eigenvalue weighted by atomic mass is 33.1. The molecule has 0 saturated carbocycles. The van der Waals surface area contributed by atoms with Crippen LogP contribution in [0.4, 0.5) is 0 Å². The number of carbonyl (C=O) groups excluding carboxylic acids is 17. The molecule has 1 aliphatic heterocycles. The Bertz CT molecular complexity index is 4830. The number of aliphatic hydroxyl groups excluding tert-OH is 1. The third-order valence-corrected chi connectivity index (χ3v) is 26.1. The van der Waals surface area contributed by atoms with Crippen LogP contribution in [0.2, 0.25) is 0 Å². The quantitative estimate of drug-likeness (QED) is 0.0188. The van der Waals surface area contributed by atoms with Gasteiger partial charge in [0.05, 0.1) is 25.0 Å². The number of H-pyrrole nitrogens is 1. The molecule has 1 aliphatic rings. The summed E-state index contributed by atoms with van der Waals surface area (Å²) < 4.78 is 2.59. The summed E-state index contributed by atoms with van der Waals surface area (Å²) in [6.07, 6.45) is -1.76. The van der Waals surface area contributed by atoms with Crippen molar-refractivity contribution < 1.29 is 91.4 Å². The number of nitrogens with two attached hydrogens (primary N) is 4. The van der Waals surface area contributed by atoms with Gasteiger partial charge in [-0.2, -0.15) is 0 Å². The Balaban J connectivity index is 1.54. The minimum atomic E-state index is -2.01. The number of primary amides is 2. The fraction of sp³-hybridized carbons (Fsp3) is 0.544. The van der Waals surface area contributed by atoms with Crippen molar-refractivity contribution in [3.63, 3.8) is 0 Å². The van der Waals surface area contributed by atoms with E-state index in [0.717, 1.165) is 51.8 Å². The Morgan fingerprint density at radius 2 is 1.14 bits per heavy atom. The molecule has 712 valence electrons. The van der Waals surface area contributed by atoms with Gasteiger partial charge in [-0.05, 0) is 177 Å². The van der Waals surface area contributed by atoms with Crippen LogP contribution in [0.25, 0.3) is 21.7 Å². The normalized spacial score (nSPS) is 19.3. The van der Waals surface area contributed by atoms with Crippen LogP contribution in [0.5, 0.6) is 5.75 Å². The van der Waals surface area contributed by atoms with Gasteiger partial charge in [-0.3, -0.25) is 81.5 Å². The van der Waals surface area contributed by atoms with Crippen molar-refractivity contribution in [3.8, 4) is 5.75 Å². The Morgan fingerprint density at radius 3 is 1.75 bits per heavy atom. The van der Waals surface area contributed by atoms with Crippen LogP contribution in [0.15, 0.2) is 91.1 Å². The molecule has 0 spiro atoms. The fourth-order valence-corrected chi connectivity index (χ4v) is 17.5. The summed E-state index contributed by atoms with van der Waals surface area (Å²) >= 11 is 0. The number of aromatic nitrogens is 1. The van der Waals surface area contributed by atoms with E-state index in [1.807, 2.05) is 45.0 Å². The average Bonchev–Trinajstić information content (AvgIpc) is 1.42. The number of ketones is 1. The first-order valence-corrected chi connectivity index (χ1v) is 45.8. The standard InChI is InChI=1S/C90H131N19O19S2/c1-49(2)41-65(51(4)110)100-81(121)69(46-71(93)115)102-77(117)64(28-17-21-39-96-54(7)113)106-87(127)90(13,35-18-19-36-91)109-83(123)67(44-57-29-32-58-24-14-15-25-59(58)42-57)101-79(119)66(43-56-30-33-61(34-31-56)128-40-37-92)104-86(126)76-89(11,12)130-129-88(9,10)75(98-55(8)114)85(125)105-70(47-72(94)116)82(122)107-74(52(5)111)84(124)103-68(45-60-48-97-73-50(3)23-22-26-62(60)73)80(120)99-63(78(118)108-76)27-16-20-38-95-53(6)112/h14-15,22-26,29-34,42,48-49,52,63-70,74-76,97,111H,16-21,27-28,35-41,43-47,91-92H2,1-13H3,(H2,93,115)(H2,94,116)(H,95,112)(H,96,113)(H,98,114)(H,99,120)(H,100,121)(H,101,119)(H,102,117)(H,103,124)(H,104,126)(H,105,125)(H,106,127)(H,107,122)(H,108,118)(H,109,123)/t52-,63+,64+,65-,66+,67+,68+,69+,70+,74+,75-,76-,90+/m1/s1. The molecule has 0 bridgehead atoms. The number of hydrogen-bond donors (Lipinski definition) is 20. The fourth-order valence-electron chi connectivity index (χ4n) is 14.7. The second kappa shape index (κ2) is 51.0.